The van der Waals surface area contributed by atoms with Crippen molar-refractivity contribution in [2.75, 3.05) is 13.2 Å². The summed E-state index contributed by atoms with van der Waals surface area (Å²) in [6.45, 7) is 4.72. The van der Waals surface area contributed by atoms with Gasteiger partial charge in [0.25, 0.3) is 0 Å². The van der Waals surface area contributed by atoms with Gasteiger partial charge < -0.3 is 15.8 Å². The number of hydrogen-bond acceptors (Lipinski definition) is 3. The normalized spacial score (nSPS) is 18.2. The minimum atomic E-state index is -0.376. The number of nitrogens with one attached hydrogen (secondary N) is 1. The van der Waals surface area contributed by atoms with E-state index in [9.17, 15) is 4.79 Å². The van der Waals surface area contributed by atoms with E-state index < -0.39 is 0 Å². The molecule has 0 aliphatic carbocycles. The molecule has 1 aromatic rings. The molecule has 1 aliphatic heterocycles. The summed E-state index contributed by atoms with van der Waals surface area (Å²) in [5, 5.41) is 3.53. The molecule has 1 aliphatic rings. The lowest BCUT2D eigenvalue weighted by atomic mass is 9.93. The molecule has 0 bridgehead atoms. The van der Waals surface area contributed by atoms with Crippen molar-refractivity contribution in [1.82, 2.24) is 5.32 Å². The third-order valence-corrected chi connectivity index (χ3v) is 3.81. The maximum atomic E-state index is 11.1. The molecule has 1 saturated heterocycles. The number of carbonyl (C=O) groups excluding carboxylic acids is 1. The molecule has 0 radical (unpaired) electrons. The van der Waals surface area contributed by atoms with Gasteiger partial charge in [-0.15, -0.1) is 0 Å². The highest BCUT2D eigenvalue weighted by Gasteiger charge is 2.19. The topological polar surface area (TPSA) is 64.3 Å². The fraction of sp³-hybridized carbons (Fsp3) is 0.533. The van der Waals surface area contributed by atoms with E-state index in [0.717, 1.165) is 38.2 Å². The number of rotatable bonds is 5. The minimum Gasteiger partial charge on any atom is -0.381 e. The van der Waals surface area contributed by atoms with Gasteiger partial charge in [-0.05, 0) is 43.4 Å². The zero-order valence-corrected chi connectivity index (χ0v) is 11.4. The van der Waals surface area contributed by atoms with Gasteiger partial charge >= 0.3 is 0 Å². The predicted octanol–water partition coefficient (Wildman–Crippen LogP) is 1.69. The van der Waals surface area contributed by atoms with Gasteiger partial charge in [-0.25, -0.2) is 0 Å². The zero-order valence-electron chi connectivity index (χ0n) is 11.4. The highest BCUT2D eigenvalue weighted by molar-refractivity contribution is 5.92. The van der Waals surface area contributed by atoms with Crippen molar-refractivity contribution in [2.45, 2.75) is 32.4 Å². The largest absolute Gasteiger partial charge is 0.381 e. The number of benzene rings is 1. The molecular weight excluding hydrogens is 240 g/mol. The second-order valence-electron chi connectivity index (χ2n) is 5.18. The standard InChI is InChI=1S/C15H22N2O2/c1-11(13-5-7-19-8-6-13)17-10-12-3-2-4-14(9-12)15(16)18/h2-4,9,11,13,17H,5-8,10H2,1H3,(H2,16,18). The average Bonchev–Trinajstić information content (AvgIpc) is 2.46. The number of nitrogens with two attached hydrogens (primary N) is 1. The van der Waals surface area contributed by atoms with Crippen molar-refractivity contribution < 1.29 is 9.53 Å². The van der Waals surface area contributed by atoms with E-state index in [0.29, 0.717) is 17.5 Å². The van der Waals surface area contributed by atoms with Gasteiger partial charge in [-0.3, -0.25) is 4.79 Å². The summed E-state index contributed by atoms with van der Waals surface area (Å²) in [7, 11) is 0. The Morgan fingerprint density at radius 1 is 1.47 bits per heavy atom. The van der Waals surface area contributed by atoms with Crippen molar-refractivity contribution in [3.63, 3.8) is 0 Å². The molecule has 1 fully saturated rings. The molecule has 104 valence electrons. The van der Waals surface area contributed by atoms with Crippen LogP contribution >= 0.6 is 0 Å². The van der Waals surface area contributed by atoms with Gasteiger partial charge in [0.15, 0.2) is 0 Å². The molecule has 2 rings (SSSR count). The molecule has 1 aromatic carbocycles. The number of primary amides is 1. The monoisotopic (exact) mass is 262 g/mol. The Morgan fingerprint density at radius 2 is 2.21 bits per heavy atom. The molecule has 4 heteroatoms. The van der Waals surface area contributed by atoms with Crippen LogP contribution in [-0.4, -0.2) is 25.2 Å². The van der Waals surface area contributed by atoms with Crippen LogP contribution in [-0.2, 0) is 11.3 Å². The summed E-state index contributed by atoms with van der Waals surface area (Å²) in [6, 6.07) is 7.94. The molecule has 1 amide bonds. The Morgan fingerprint density at radius 3 is 2.89 bits per heavy atom. The van der Waals surface area contributed by atoms with Crippen LogP contribution in [0, 0.1) is 5.92 Å². The van der Waals surface area contributed by atoms with E-state index in [1.54, 1.807) is 6.07 Å². The molecular formula is C15H22N2O2. The van der Waals surface area contributed by atoms with Crippen molar-refractivity contribution in [3.05, 3.63) is 35.4 Å². The molecule has 19 heavy (non-hydrogen) atoms. The van der Waals surface area contributed by atoms with E-state index in [1.807, 2.05) is 18.2 Å². The summed E-state index contributed by atoms with van der Waals surface area (Å²) in [5.74, 6) is 0.299. The SMILES string of the molecule is CC(NCc1cccc(C(N)=O)c1)C1CCOCC1. The van der Waals surface area contributed by atoms with Crippen molar-refractivity contribution in [2.24, 2.45) is 11.7 Å². The van der Waals surface area contributed by atoms with Crippen LogP contribution in [0.3, 0.4) is 0 Å². The maximum absolute atomic E-state index is 11.1. The number of carbonyl (C=O) groups is 1. The van der Waals surface area contributed by atoms with Crippen molar-refractivity contribution >= 4 is 5.91 Å². The Kier molecular flexibility index (Phi) is 4.93. The fourth-order valence-corrected chi connectivity index (χ4v) is 2.50. The van der Waals surface area contributed by atoms with Gasteiger partial charge in [-0.2, -0.15) is 0 Å². The first kappa shape index (κ1) is 14.0. The Bertz CT molecular complexity index is 428. The van der Waals surface area contributed by atoms with Crippen LogP contribution < -0.4 is 11.1 Å². The average molecular weight is 262 g/mol. The highest BCUT2D eigenvalue weighted by Crippen LogP contribution is 2.18. The van der Waals surface area contributed by atoms with Crippen LogP contribution in [0.25, 0.3) is 0 Å². The quantitative estimate of drug-likeness (QED) is 0.848. The van der Waals surface area contributed by atoms with E-state index in [1.165, 1.54) is 0 Å². The molecule has 0 aromatic heterocycles. The summed E-state index contributed by atoms with van der Waals surface area (Å²) < 4.78 is 5.38. The van der Waals surface area contributed by atoms with E-state index in [-0.39, 0.29) is 5.91 Å². The number of hydrogen-bond donors (Lipinski definition) is 2. The van der Waals surface area contributed by atoms with Crippen LogP contribution in [0.15, 0.2) is 24.3 Å². The fourth-order valence-electron chi connectivity index (χ4n) is 2.50. The summed E-state index contributed by atoms with van der Waals surface area (Å²) >= 11 is 0. The van der Waals surface area contributed by atoms with E-state index in [2.05, 4.69) is 12.2 Å². The second-order valence-corrected chi connectivity index (χ2v) is 5.18. The molecule has 1 unspecified atom stereocenters. The van der Waals surface area contributed by atoms with Crippen molar-refractivity contribution in [1.29, 1.82) is 0 Å². The molecule has 4 nitrogen and oxygen atoms in total. The van der Waals surface area contributed by atoms with Crippen LogP contribution in [0.1, 0.15) is 35.7 Å². The van der Waals surface area contributed by atoms with Gasteiger partial charge in [0.1, 0.15) is 0 Å². The molecule has 0 saturated carbocycles. The van der Waals surface area contributed by atoms with Crippen LogP contribution in [0.2, 0.25) is 0 Å². The molecule has 1 heterocycles. The number of ether oxygens (including phenoxy) is 1. The Balaban J connectivity index is 1.87. The first-order valence-electron chi connectivity index (χ1n) is 6.86. The lowest BCUT2D eigenvalue weighted by molar-refractivity contribution is 0.0558. The maximum Gasteiger partial charge on any atom is 0.248 e. The van der Waals surface area contributed by atoms with Gasteiger partial charge in [-0.1, -0.05) is 12.1 Å². The third-order valence-electron chi connectivity index (χ3n) is 3.81. The minimum absolute atomic E-state index is 0.376. The predicted molar refractivity (Wildman–Crippen MR) is 74.8 cm³/mol. The van der Waals surface area contributed by atoms with Crippen LogP contribution in [0.5, 0.6) is 0 Å². The van der Waals surface area contributed by atoms with E-state index >= 15 is 0 Å². The first-order valence-corrected chi connectivity index (χ1v) is 6.86. The van der Waals surface area contributed by atoms with Crippen LogP contribution in [0.4, 0.5) is 0 Å². The summed E-state index contributed by atoms with van der Waals surface area (Å²) in [4.78, 5) is 11.1. The summed E-state index contributed by atoms with van der Waals surface area (Å²) in [5.41, 5.74) is 6.94. The lowest BCUT2D eigenvalue weighted by Crippen LogP contribution is -2.36. The van der Waals surface area contributed by atoms with Gasteiger partial charge in [0, 0.05) is 31.4 Å². The molecule has 1 atom stereocenters. The Labute approximate surface area is 114 Å². The second kappa shape index (κ2) is 6.68. The molecule has 0 spiro atoms. The van der Waals surface area contributed by atoms with E-state index in [4.69, 9.17) is 10.5 Å². The van der Waals surface area contributed by atoms with Crippen molar-refractivity contribution in [3.8, 4) is 0 Å². The summed E-state index contributed by atoms with van der Waals surface area (Å²) in [6.07, 6.45) is 2.24. The number of amides is 1. The first-order chi connectivity index (χ1) is 9.16. The van der Waals surface area contributed by atoms with Gasteiger partial charge in [0.2, 0.25) is 5.91 Å². The third kappa shape index (κ3) is 4.04. The zero-order chi connectivity index (χ0) is 13.7. The van der Waals surface area contributed by atoms with Gasteiger partial charge in [0.05, 0.1) is 0 Å². The highest BCUT2D eigenvalue weighted by atomic mass is 16.5. The Hall–Kier alpha value is -1.39. The molecule has 3 N–H and O–H groups in total. The lowest BCUT2D eigenvalue weighted by Gasteiger charge is -2.28. The smallest absolute Gasteiger partial charge is 0.248 e.